The number of piperazine rings is 1. The summed E-state index contributed by atoms with van der Waals surface area (Å²) in [4.78, 5) is 2.06. The number of rotatable bonds is 4. The summed E-state index contributed by atoms with van der Waals surface area (Å²) in [5, 5.41) is -0.515. The van der Waals surface area contributed by atoms with E-state index in [0.717, 1.165) is 17.7 Å². The molecule has 0 aliphatic carbocycles. The maximum atomic E-state index is 12.9. The van der Waals surface area contributed by atoms with Crippen LogP contribution in [-0.4, -0.2) is 61.1 Å². The van der Waals surface area contributed by atoms with Crippen LogP contribution in [0.3, 0.4) is 0 Å². The van der Waals surface area contributed by atoms with Crippen molar-refractivity contribution in [2.24, 2.45) is 0 Å². The molecule has 152 valence electrons. The van der Waals surface area contributed by atoms with Gasteiger partial charge >= 0.3 is 6.18 Å². The van der Waals surface area contributed by atoms with Crippen LogP contribution in [0.1, 0.15) is 25.0 Å². The molecule has 2 atom stereocenters. The third-order valence-corrected chi connectivity index (χ3v) is 7.84. The lowest BCUT2D eigenvalue weighted by Gasteiger charge is -2.36. The molecule has 0 spiro atoms. The molecule has 0 bridgehead atoms. The first-order valence-corrected chi connectivity index (χ1v) is 10.5. The molecule has 1 aromatic rings. The van der Waals surface area contributed by atoms with E-state index in [1.165, 1.54) is 16.4 Å². The highest BCUT2D eigenvalue weighted by molar-refractivity contribution is 7.89. The minimum Gasteiger partial charge on any atom is -0.296 e. The first-order valence-electron chi connectivity index (χ1n) is 8.97. The summed E-state index contributed by atoms with van der Waals surface area (Å²) in [7, 11) is -3.42. The molecule has 1 aromatic carbocycles. The molecule has 2 aliphatic rings. The molecule has 6 nitrogen and oxygen atoms in total. The summed E-state index contributed by atoms with van der Waals surface area (Å²) < 4.78 is 65.3. The molecule has 2 fully saturated rings. The Morgan fingerprint density at radius 1 is 1.00 bits per heavy atom. The van der Waals surface area contributed by atoms with E-state index in [9.17, 15) is 21.6 Å². The lowest BCUT2D eigenvalue weighted by molar-refractivity contribution is -0.137. The van der Waals surface area contributed by atoms with Crippen molar-refractivity contribution in [3.05, 3.63) is 35.4 Å². The molecule has 2 unspecified atom stereocenters. The topological polar surface area (TPSA) is 64.7 Å². The van der Waals surface area contributed by atoms with Gasteiger partial charge in [0, 0.05) is 44.8 Å². The lowest BCUT2D eigenvalue weighted by atomic mass is 10.1. The van der Waals surface area contributed by atoms with Gasteiger partial charge in [0.05, 0.1) is 5.56 Å². The van der Waals surface area contributed by atoms with Crippen LogP contribution < -0.4 is 10.9 Å². The number of nitrogens with one attached hydrogen (secondary N) is 2. The van der Waals surface area contributed by atoms with Crippen molar-refractivity contribution in [3.63, 3.8) is 0 Å². The number of nitrogens with zero attached hydrogens (tertiary/aromatic N) is 2. The number of hydrogen-bond acceptors (Lipinski definition) is 5. The Bertz CT molecular complexity index is 736. The highest BCUT2D eigenvalue weighted by Crippen LogP contribution is 2.29. The zero-order chi connectivity index (χ0) is 19.8. The van der Waals surface area contributed by atoms with Gasteiger partial charge < -0.3 is 0 Å². The molecular weight excluding hydrogens is 381 g/mol. The predicted molar refractivity (Wildman–Crippen MR) is 96.2 cm³/mol. The van der Waals surface area contributed by atoms with Gasteiger partial charge in [-0.3, -0.25) is 15.8 Å². The summed E-state index contributed by atoms with van der Waals surface area (Å²) in [6.07, 6.45) is -4.34. The number of benzene rings is 1. The zero-order valence-electron chi connectivity index (χ0n) is 15.3. The third-order valence-electron chi connectivity index (χ3n) is 5.25. The van der Waals surface area contributed by atoms with E-state index >= 15 is 0 Å². The molecule has 0 saturated carbocycles. The second kappa shape index (κ2) is 7.67. The van der Waals surface area contributed by atoms with Gasteiger partial charge in [0.2, 0.25) is 10.0 Å². The van der Waals surface area contributed by atoms with Crippen LogP contribution in [0.4, 0.5) is 13.2 Å². The fourth-order valence-corrected chi connectivity index (χ4v) is 5.93. The van der Waals surface area contributed by atoms with Crippen molar-refractivity contribution in [2.45, 2.75) is 43.9 Å². The van der Waals surface area contributed by atoms with Crippen molar-refractivity contribution >= 4 is 10.0 Å². The molecular formula is C17H25F3N4O2S. The quantitative estimate of drug-likeness (QED) is 0.792. The predicted octanol–water partition coefficient (Wildman–Crippen LogP) is 1.41. The van der Waals surface area contributed by atoms with Gasteiger partial charge in [-0.05, 0) is 31.5 Å². The van der Waals surface area contributed by atoms with Crippen LogP contribution in [0.15, 0.2) is 24.3 Å². The van der Waals surface area contributed by atoms with Crippen molar-refractivity contribution in [1.82, 2.24) is 20.1 Å². The van der Waals surface area contributed by atoms with Crippen molar-refractivity contribution in [3.8, 4) is 0 Å². The van der Waals surface area contributed by atoms with Crippen molar-refractivity contribution in [1.29, 1.82) is 0 Å². The normalized spacial score (nSPS) is 28.6. The number of halogens is 3. The van der Waals surface area contributed by atoms with E-state index in [1.54, 1.807) is 0 Å². The molecule has 2 saturated heterocycles. The average molecular weight is 406 g/mol. The Hall–Kier alpha value is -1.20. The van der Waals surface area contributed by atoms with E-state index in [1.807, 2.05) is 13.8 Å². The minimum atomic E-state index is -4.34. The molecule has 2 N–H and O–H groups in total. The Labute approximate surface area is 157 Å². The average Bonchev–Trinajstić information content (AvgIpc) is 2.94. The van der Waals surface area contributed by atoms with Crippen molar-refractivity contribution in [2.75, 3.05) is 26.2 Å². The Morgan fingerprint density at radius 2 is 1.52 bits per heavy atom. The highest BCUT2D eigenvalue weighted by Gasteiger charge is 2.44. The van der Waals surface area contributed by atoms with E-state index < -0.39 is 27.0 Å². The fraction of sp³-hybridized carbons (Fsp3) is 0.647. The van der Waals surface area contributed by atoms with Crippen molar-refractivity contribution < 1.29 is 21.6 Å². The molecule has 10 heteroatoms. The third kappa shape index (κ3) is 4.45. The Balaban J connectivity index is 1.57. The monoisotopic (exact) mass is 406 g/mol. The molecule has 3 rings (SSSR count). The SMILES string of the molecule is CC1NNC(C)C1S(=O)(=O)N1CCN(Cc2ccc(C(F)(F)F)cc2)CC1. The Kier molecular flexibility index (Phi) is 5.83. The fourth-order valence-electron chi connectivity index (χ4n) is 3.75. The van der Waals surface area contributed by atoms with Crippen LogP contribution in [-0.2, 0) is 22.7 Å². The van der Waals surface area contributed by atoms with Gasteiger partial charge in [-0.2, -0.15) is 17.5 Å². The van der Waals surface area contributed by atoms with Gasteiger partial charge in [-0.1, -0.05) is 12.1 Å². The number of hydrogen-bond donors (Lipinski definition) is 2. The molecule has 0 amide bonds. The van der Waals surface area contributed by atoms with Gasteiger partial charge in [0.15, 0.2) is 0 Å². The van der Waals surface area contributed by atoms with Crippen LogP contribution in [0.5, 0.6) is 0 Å². The van der Waals surface area contributed by atoms with E-state index in [2.05, 4.69) is 15.8 Å². The molecule has 0 radical (unpaired) electrons. The molecule has 2 aliphatic heterocycles. The van der Waals surface area contributed by atoms with E-state index in [4.69, 9.17) is 0 Å². The van der Waals surface area contributed by atoms with Gasteiger partial charge in [-0.25, -0.2) is 8.42 Å². The lowest BCUT2D eigenvalue weighted by Crippen LogP contribution is -2.53. The van der Waals surface area contributed by atoms with Gasteiger partial charge in [0.1, 0.15) is 5.25 Å². The zero-order valence-corrected chi connectivity index (χ0v) is 16.1. The smallest absolute Gasteiger partial charge is 0.296 e. The summed E-state index contributed by atoms with van der Waals surface area (Å²) in [6.45, 7) is 6.08. The van der Waals surface area contributed by atoms with E-state index in [0.29, 0.717) is 32.7 Å². The molecule has 0 aromatic heterocycles. The van der Waals surface area contributed by atoms with Crippen LogP contribution in [0.25, 0.3) is 0 Å². The minimum absolute atomic E-state index is 0.171. The largest absolute Gasteiger partial charge is 0.416 e. The number of sulfonamides is 1. The number of hydrazine groups is 1. The van der Waals surface area contributed by atoms with Crippen LogP contribution in [0, 0.1) is 0 Å². The van der Waals surface area contributed by atoms with E-state index in [-0.39, 0.29) is 12.1 Å². The second-order valence-electron chi connectivity index (χ2n) is 7.25. The standard InChI is InChI=1S/C17H25F3N4O2S/c1-12-16(13(2)22-21-12)27(25,26)24-9-7-23(8-10-24)11-14-3-5-15(6-4-14)17(18,19)20/h3-6,12-13,16,21-22H,7-11H2,1-2H3. The molecule has 27 heavy (non-hydrogen) atoms. The maximum absolute atomic E-state index is 12.9. The summed E-state index contributed by atoms with van der Waals surface area (Å²) in [5.74, 6) is 0. The van der Waals surface area contributed by atoms with Gasteiger partial charge in [-0.15, -0.1) is 0 Å². The van der Waals surface area contributed by atoms with Crippen LogP contribution >= 0.6 is 0 Å². The van der Waals surface area contributed by atoms with Gasteiger partial charge in [0.25, 0.3) is 0 Å². The first kappa shape index (κ1) is 20.5. The van der Waals surface area contributed by atoms with Crippen LogP contribution in [0.2, 0.25) is 0 Å². The summed E-state index contributed by atoms with van der Waals surface area (Å²) in [6, 6.07) is 4.78. The number of alkyl halides is 3. The summed E-state index contributed by atoms with van der Waals surface area (Å²) in [5.41, 5.74) is 6.07. The highest BCUT2D eigenvalue weighted by atomic mass is 32.2. The second-order valence-corrected chi connectivity index (χ2v) is 9.34. The first-order chi connectivity index (χ1) is 12.6. The Morgan fingerprint density at radius 3 is 2.00 bits per heavy atom. The molecule has 2 heterocycles. The maximum Gasteiger partial charge on any atom is 0.416 e. The summed E-state index contributed by atoms with van der Waals surface area (Å²) >= 11 is 0.